The third kappa shape index (κ3) is 3.08. The number of hydrogen-bond donors (Lipinski definition) is 0. The molecule has 0 aromatic heterocycles. The van der Waals surface area contributed by atoms with E-state index < -0.39 is 17.5 Å². The highest BCUT2D eigenvalue weighted by Crippen LogP contribution is 2.39. The van der Waals surface area contributed by atoms with Crippen molar-refractivity contribution in [2.75, 3.05) is 0 Å². The number of rotatable bonds is 2. The number of allylic oxidation sites excluding steroid dienone is 2. The monoisotopic (exact) mass is 356 g/mol. The Morgan fingerprint density at radius 3 is 2.15 bits per heavy atom. The largest absolute Gasteiger partial charge is 0.204 e. The zero-order chi connectivity index (χ0) is 18.3. The Kier molecular flexibility index (Phi) is 4.64. The molecule has 0 bridgehead atoms. The summed E-state index contributed by atoms with van der Waals surface area (Å²) in [6, 6.07) is 6.74. The Hall–Kier alpha value is -2.03. The van der Waals surface area contributed by atoms with Crippen molar-refractivity contribution in [1.82, 2.24) is 0 Å². The summed E-state index contributed by atoms with van der Waals surface area (Å²) >= 11 is 0. The second kappa shape index (κ2) is 6.94. The predicted octanol–water partition coefficient (Wildman–Crippen LogP) is 6.06. The van der Waals surface area contributed by atoms with Crippen molar-refractivity contribution in [3.63, 3.8) is 0 Å². The first-order chi connectivity index (χ1) is 12.6. The molecule has 136 valence electrons. The molecule has 4 rings (SSSR count). The molecule has 0 aliphatic heterocycles. The predicted molar refractivity (Wildman–Crippen MR) is 97.9 cm³/mol. The Labute approximate surface area is 152 Å². The van der Waals surface area contributed by atoms with Crippen LogP contribution >= 0.6 is 0 Å². The van der Waals surface area contributed by atoms with E-state index in [1.54, 1.807) is 0 Å². The van der Waals surface area contributed by atoms with Crippen LogP contribution in [-0.4, -0.2) is 0 Å². The van der Waals surface area contributed by atoms with Crippen LogP contribution in [0.3, 0.4) is 0 Å². The van der Waals surface area contributed by atoms with Crippen LogP contribution < -0.4 is 0 Å². The van der Waals surface area contributed by atoms with Gasteiger partial charge in [0.1, 0.15) is 0 Å². The average Bonchev–Trinajstić information content (AvgIpc) is 2.65. The minimum atomic E-state index is -1.38. The average molecular weight is 356 g/mol. The molecular weight excluding hydrogens is 333 g/mol. The lowest BCUT2D eigenvalue weighted by Crippen LogP contribution is -2.20. The minimum absolute atomic E-state index is 0.0458. The van der Waals surface area contributed by atoms with E-state index in [-0.39, 0.29) is 5.92 Å². The SMILES string of the molecule is CC=CC1CCc2c(ccc3c2CCC(c2cc(F)c(F)c(F)c2)C3)C1. The van der Waals surface area contributed by atoms with Gasteiger partial charge in [0.05, 0.1) is 0 Å². The normalized spacial score (nSPS) is 22.3. The standard InChI is InChI=1S/C23H23F3/c1-2-3-14-4-8-19-16(10-14)5-6-17-11-15(7-9-20(17)19)18-12-21(24)23(26)22(25)13-18/h2-3,5-6,12-15H,4,7-11H2,1H3. The van der Waals surface area contributed by atoms with Crippen LogP contribution in [0.5, 0.6) is 0 Å². The molecule has 2 atom stereocenters. The number of hydrogen-bond acceptors (Lipinski definition) is 0. The number of fused-ring (bicyclic) bond motifs is 3. The molecule has 0 nitrogen and oxygen atoms in total. The molecule has 2 aliphatic carbocycles. The van der Waals surface area contributed by atoms with Gasteiger partial charge in [-0.25, -0.2) is 13.2 Å². The molecule has 0 radical (unpaired) electrons. The molecular formula is C23H23F3. The summed E-state index contributed by atoms with van der Waals surface area (Å²) < 4.78 is 40.4. The first-order valence-corrected chi connectivity index (χ1v) is 9.46. The Bertz CT molecular complexity index is 843. The van der Waals surface area contributed by atoms with E-state index in [2.05, 4.69) is 31.2 Å². The van der Waals surface area contributed by atoms with Gasteiger partial charge in [-0.05, 0) is 97.2 Å². The summed E-state index contributed by atoms with van der Waals surface area (Å²) in [5.41, 5.74) is 6.25. The topological polar surface area (TPSA) is 0 Å². The van der Waals surface area contributed by atoms with Crippen molar-refractivity contribution in [2.45, 2.75) is 51.4 Å². The Morgan fingerprint density at radius 2 is 1.50 bits per heavy atom. The maximum atomic E-state index is 13.6. The molecule has 2 aromatic rings. The fraction of sp³-hybridized carbons (Fsp3) is 0.391. The highest BCUT2D eigenvalue weighted by Gasteiger charge is 2.27. The highest BCUT2D eigenvalue weighted by molar-refractivity contribution is 5.46. The van der Waals surface area contributed by atoms with Crippen LogP contribution in [0.2, 0.25) is 0 Å². The summed E-state index contributed by atoms with van der Waals surface area (Å²) in [6.07, 6.45) is 10.4. The van der Waals surface area contributed by atoms with Crippen LogP contribution in [-0.2, 0) is 25.7 Å². The first-order valence-electron chi connectivity index (χ1n) is 9.46. The van der Waals surface area contributed by atoms with Crippen LogP contribution in [0.15, 0.2) is 36.4 Å². The molecule has 0 fully saturated rings. The van der Waals surface area contributed by atoms with Crippen molar-refractivity contribution in [3.8, 4) is 0 Å². The van der Waals surface area contributed by atoms with E-state index in [9.17, 15) is 13.2 Å². The third-order valence-electron chi connectivity index (χ3n) is 6.02. The Morgan fingerprint density at radius 1 is 0.885 bits per heavy atom. The summed E-state index contributed by atoms with van der Waals surface area (Å²) in [5, 5.41) is 0. The fourth-order valence-electron chi connectivity index (χ4n) is 4.73. The fourth-order valence-corrected chi connectivity index (χ4v) is 4.73. The van der Waals surface area contributed by atoms with E-state index in [4.69, 9.17) is 0 Å². The highest BCUT2D eigenvalue weighted by atomic mass is 19.2. The molecule has 3 heteroatoms. The van der Waals surface area contributed by atoms with Crippen molar-refractivity contribution in [3.05, 3.63) is 81.7 Å². The van der Waals surface area contributed by atoms with Crippen molar-refractivity contribution < 1.29 is 13.2 Å². The Balaban J connectivity index is 1.61. The van der Waals surface area contributed by atoms with Gasteiger partial charge in [-0.2, -0.15) is 0 Å². The van der Waals surface area contributed by atoms with Crippen molar-refractivity contribution >= 4 is 0 Å². The molecule has 2 aliphatic rings. The quantitative estimate of drug-likeness (QED) is 0.453. The van der Waals surface area contributed by atoms with Crippen LogP contribution in [0.1, 0.15) is 53.5 Å². The maximum absolute atomic E-state index is 13.6. The van der Waals surface area contributed by atoms with Gasteiger partial charge < -0.3 is 0 Å². The van der Waals surface area contributed by atoms with Crippen LogP contribution in [0.4, 0.5) is 13.2 Å². The second-order valence-corrected chi connectivity index (χ2v) is 7.61. The summed E-state index contributed by atoms with van der Waals surface area (Å²) in [5.74, 6) is -2.89. The van der Waals surface area contributed by atoms with Crippen molar-refractivity contribution in [2.24, 2.45) is 5.92 Å². The van der Waals surface area contributed by atoms with Gasteiger partial charge in [0.25, 0.3) is 0 Å². The zero-order valence-electron chi connectivity index (χ0n) is 15.0. The summed E-state index contributed by atoms with van der Waals surface area (Å²) in [6.45, 7) is 2.07. The number of benzene rings is 2. The minimum Gasteiger partial charge on any atom is -0.204 e. The van der Waals surface area contributed by atoms with Gasteiger partial charge in [-0.15, -0.1) is 0 Å². The lowest BCUT2D eigenvalue weighted by Gasteiger charge is -2.31. The smallest absolute Gasteiger partial charge is 0.194 e. The van der Waals surface area contributed by atoms with E-state index >= 15 is 0 Å². The third-order valence-corrected chi connectivity index (χ3v) is 6.02. The first kappa shape index (κ1) is 17.4. The molecule has 0 spiro atoms. The van der Waals surface area contributed by atoms with Gasteiger partial charge in [0.2, 0.25) is 0 Å². The lowest BCUT2D eigenvalue weighted by molar-refractivity contribution is 0.441. The van der Waals surface area contributed by atoms with Gasteiger partial charge >= 0.3 is 0 Å². The molecule has 26 heavy (non-hydrogen) atoms. The van der Waals surface area contributed by atoms with E-state index in [1.165, 1.54) is 28.7 Å². The molecule has 0 amide bonds. The molecule has 0 N–H and O–H groups in total. The van der Waals surface area contributed by atoms with Gasteiger partial charge in [-0.3, -0.25) is 0 Å². The van der Waals surface area contributed by atoms with Gasteiger partial charge in [0, 0.05) is 0 Å². The maximum Gasteiger partial charge on any atom is 0.194 e. The van der Waals surface area contributed by atoms with E-state index in [0.717, 1.165) is 44.2 Å². The molecule has 2 aromatic carbocycles. The molecule has 2 unspecified atom stereocenters. The van der Waals surface area contributed by atoms with Crippen LogP contribution in [0.25, 0.3) is 0 Å². The van der Waals surface area contributed by atoms with E-state index in [0.29, 0.717) is 11.5 Å². The lowest BCUT2D eigenvalue weighted by atomic mass is 9.74. The summed E-state index contributed by atoms with van der Waals surface area (Å²) in [4.78, 5) is 0. The summed E-state index contributed by atoms with van der Waals surface area (Å²) in [7, 11) is 0. The van der Waals surface area contributed by atoms with Gasteiger partial charge in [-0.1, -0.05) is 24.3 Å². The number of halogens is 3. The molecule has 0 saturated carbocycles. The zero-order valence-corrected chi connectivity index (χ0v) is 15.0. The van der Waals surface area contributed by atoms with Crippen molar-refractivity contribution in [1.29, 1.82) is 0 Å². The molecule has 0 heterocycles. The molecule has 0 saturated heterocycles. The van der Waals surface area contributed by atoms with Crippen LogP contribution in [0, 0.1) is 23.4 Å². The second-order valence-electron chi connectivity index (χ2n) is 7.61. The van der Waals surface area contributed by atoms with E-state index in [1.807, 2.05) is 0 Å². The van der Waals surface area contributed by atoms with Gasteiger partial charge in [0.15, 0.2) is 17.5 Å².